The summed E-state index contributed by atoms with van der Waals surface area (Å²) in [6.45, 7) is 5.50. The molecule has 0 fully saturated rings. The van der Waals surface area contributed by atoms with Gasteiger partial charge in [-0.25, -0.2) is 0 Å². The van der Waals surface area contributed by atoms with Gasteiger partial charge in [-0.2, -0.15) is 0 Å². The van der Waals surface area contributed by atoms with Crippen LogP contribution in [0.1, 0.15) is 142 Å². The maximum Gasteiger partial charge on any atom is 0.119 e. The van der Waals surface area contributed by atoms with E-state index in [0.717, 1.165) is 18.3 Å². The molecule has 1 aromatic carbocycles. The summed E-state index contributed by atoms with van der Waals surface area (Å²) < 4.78 is 7.46. The predicted molar refractivity (Wildman–Crippen MR) is 152 cm³/mol. The van der Waals surface area contributed by atoms with Gasteiger partial charge in [0.15, 0.2) is 0 Å². The lowest BCUT2D eigenvalue weighted by Crippen LogP contribution is -2.12. The monoisotopic (exact) mass is 556 g/mol. The minimum atomic E-state index is 0.725. The van der Waals surface area contributed by atoms with Crippen LogP contribution in [0.15, 0.2) is 24.3 Å². The van der Waals surface area contributed by atoms with Gasteiger partial charge < -0.3 is 4.74 Å². The van der Waals surface area contributed by atoms with Crippen molar-refractivity contribution in [1.82, 2.24) is 0 Å². The smallest absolute Gasteiger partial charge is 0.119 e. The zero-order valence-corrected chi connectivity index (χ0v) is 23.7. The van der Waals surface area contributed by atoms with Crippen molar-refractivity contribution in [3.05, 3.63) is 27.8 Å². The van der Waals surface area contributed by atoms with Gasteiger partial charge in [0.2, 0.25) is 0 Å². The minimum Gasteiger partial charge on any atom is -0.493 e. The van der Waals surface area contributed by atoms with Crippen LogP contribution >= 0.6 is 22.6 Å². The van der Waals surface area contributed by atoms with Gasteiger partial charge in [-0.05, 0) is 65.6 Å². The number of rotatable bonds is 23. The number of unbranched alkanes of at least 4 members (excludes halogenated alkanes) is 16. The highest BCUT2D eigenvalue weighted by atomic mass is 127. The van der Waals surface area contributed by atoms with Gasteiger partial charge in [0.25, 0.3) is 0 Å². The molecule has 186 valence electrons. The first-order chi connectivity index (χ1) is 15.8. The van der Waals surface area contributed by atoms with Crippen molar-refractivity contribution in [3.63, 3.8) is 0 Å². The Morgan fingerprint density at radius 3 is 1.34 bits per heavy atom. The SMILES string of the molecule is CCCCCCCCCCCCC(CCCCCCCCCC)COc1ccc(I)cc1. The molecule has 0 radical (unpaired) electrons. The third-order valence-corrected chi connectivity index (χ3v) is 7.45. The van der Waals surface area contributed by atoms with Gasteiger partial charge in [-0.15, -0.1) is 0 Å². The molecule has 0 aliphatic rings. The molecule has 0 aliphatic heterocycles. The van der Waals surface area contributed by atoms with Gasteiger partial charge in [0.05, 0.1) is 6.61 Å². The maximum atomic E-state index is 6.18. The normalized spacial score (nSPS) is 12.2. The largest absolute Gasteiger partial charge is 0.493 e. The van der Waals surface area contributed by atoms with E-state index in [1.54, 1.807) is 0 Å². The maximum absolute atomic E-state index is 6.18. The summed E-state index contributed by atoms with van der Waals surface area (Å²) in [5.41, 5.74) is 0. The second kappa shape index (κ2) is 22.5. The second-order valence-corrected chi connectivity index (χ2v) is 11.1. The Hall–Kier alpha value is -0.250. The van der Waals surface area contributed by atoms with E-state index in [-0.39, 0.29) is 0 Å². The second-order valence-electron chi connectivity index (χ2n) is 9.87. The van der Waals surface area contributed by atoms with E-state index >= 15 is 0 Å². The Bertz CT molecular complexity index is 498. The van der Waals surface area contributed by atoms with Crippen LogP contribution in [0.4, 0.5) is 0 Å². The number of ether oxygens (including phenoxy) is 1. The standard InChI is InChI=1S/C30H53IO/c1-3-5-7-9-11-13-14-16-18-20-22-28(21-19-17-15-12-10-8-6-4-2)27-32-30-25-23-29(31)24-26-30/h23-26,28H,3-22,27H2,1-2H3. The Balaban J connectivity index is 2.19. The van der Waals surface area contributed by atoms with Gasteiger partial charge >= 0.3 is 0 Å². The molecule has 1 aromatic rings. The molecule has 0 spiro atoms. The summed E-state index contributed by atoms with van der Waals surface area (Å²) in [5.74, 6) is 1.76. The van der Waals surface area contributed by atoms with Crippen LogP contribution in [0.25, 0.3) is 0 Å². The molecule has 0 aromatic heterocycles. The molecule has 0 saturated heterocycles. The van der Waals surface area contributed by atoms with Crippen LogP contribution in [-0.2, 0) is 0 Å². The first kappa shape index (κ1) is 29.8. The van der Waals surface area contributed by atoms with Crippen LogP contribution < -0.4 is 4.74 Å². The number of halogens is 1. The highest BCUT2D eigenvalue weighted by Crippen LogP contribution is 2.22. The summed E-state index contributed by atoms with van der Waals surface area (Å²) in [4.78, 5) is 0. The molecule has 0 aliphatic carbocycles. The lowest BCUT2D eigenvalue weighted by Gasteiger charge is -2.18. The molecule has 32 heavy (non-hydrogen) atoms. The van der Waals surface area contributed by atoms with E-state index in [2.05, 4.69) is 60.7 Å². The van der Waals surface area contributed by atoms with Crippen LogP contribution in [0.2, 0.25) is 0 Å². The summed E-state index contributed by atoms with van der Waals surface area (Å²) in [5, 5.41) is 0. The Morgan fingerprint density at radius 2 is 0.938 bits per heavy atom. The summed E-state index contributed by atoms with van der Waals surface area (Å²) in [7, 11) is 0. The van der Waals surface area contributed by atoms with E-state index in [9.17, 15) is 0 Å². The van der Waals surface area contributed by atoms with Gasteiger partial charge in [-0.1, -0.05) is 129 Å². The highest BCUT2D eigenvalue weighted by molar-refractivity contribution is 14.1. The number of hydrogen-bond acceptors (Lipinski definition) is 1. The van der Waals surface area contributed by atoms with Crippen molar-refractivity contribution in [2.24, 2.45) is 5.92 Å². The molecule has 0 bridgehead atoms. The fourth-order valence-corrected chi connectivity index (χ4v) is 4.90. The van der Waals surface area contributed by atoms with Crippen LogP contribution in [0.3, 0.4) is 0 Å². The van der Waals surface area contributed by atoms with Crippen molar-refractivity contribution in [2.45, 2.75) is 142 Å². The highest BCUT2D eigenvalue weighted by Gasteiger charge is 2.10. The van der Waals surface area contributed by atoms with E-state index in [0.29, 0.717) is 0 Å². The third kappa shape index (κ3) is 18.2. The summed E-state index contributed by atoms with van der Waals surface area (Å²) in [6.07, 6.45) is 28.2. The van der Waals surface area contributed by atoms with Gasteiger partial charge in [0.1, 0.15) is 5.75 Å². The zero-order chi connectivity index (χ0) is 23.1. The lowest BCUT2D eigenvalue weighted by molar-refractivity contribution is 0.224. The number of benzene rings is 1. The van der Waals surface area contributed by atoms with Crippen molar-refractivity contribution >= 4 is 22.6 Å². The first-order valence-corrected chi connectivity index (χ1v) is 15.2. The van der Waals surface area contributed by atoms with E-state index in [4.69, 9.17) is 4.74 Å². The Labute approximate surface area is 215 Å². The van der Waals surface area contributed by atoms with E-state index < -0.39 is 0 Å². The average molecular weight is 557 g/mol. The Morgan fingerprint density at radius 1 is 0.562 bits per heavy atom. The van der Waals surface area contributed by atoms with Gasteiger partial charge in [0, 0.05) is 3.57 Å². The van der Waals surface area contributed by atoms with Crippen molar-refractivity contribution < 1.29 is 4.74 Å². The molecule has 0 heterocycles. The molecule has 1 nitrogen and oxygen atoms in total. The fourth-order valence-electron chi connectivity index (χ4n) is 4.54. The zero-order valence-electron chi connectivity index (χ0n) is 21.5. The lowest BCUT2D eigenvalue weighted by atomic mass is 9.94. The quantitative estimate of drug-likeness (QED) is 0.0962. The van der Waals surface area contributed by atoms with Crippen LogP contribution in [0, 0.1) is 9.49 Å². The van der Waals surface area contributed by atoms with Crippen LogP contribution in [0.5, 0.6) is 5.75 Å². The van der Waals surface area contributed by atoms with Crippen molar-refractivity contribution in [2.75, 3.05) is 6.61 Å². The molecule has 0 N–H and O–H groups in total. The van der Waals surface area contributed by atoms with Gasteiger partial charge in [-0.3, -0.25) is 0 Å². The number of hydrogen-bond donors (Lipinski definition) is 0. The minimum absolute atomic E-state index is 0.725. The molecule has 2 heteroatoms. The third-order valence-electron chi connectivity index (χ3n) is 6.73. The molecule has 1 unspecified atom stereocenters. The molecular formula is C30H53IO. The molecule has 1 atom stereocenters. The topological polar surface area (TPSA) is 9.23 Å². The molecule has 0 amide bonds. The van der Waals surface area contributed by atoms with Crippen molar-refractivity contribution in [3.8, 4) is 5.75 Å². The Kier molecular flexibility index (Phi) is 21.0. The predicted octanol–water partition coefficient (Wildman–Crippen LogP) is 11.1. The van der Waals surface area contributed by atoms with Crippen molar-refractivity contribution in [1.29, 1.82) is 0 Å². The first-order valence-electron chi connectivity index (χ1n) is 14.1. The van der Waals surface area contributed by atoms with E-state index in [1.807, 2.05) is 0 Å². The summed E-state index contributed by atoms with van der Waals surface area (Å²) in [6, 6.07) is 8.53. The van der Waals surface area contributed by atoms with Crippen LogP contribution in [-0.4, -0.2) is 6.61 Å². The fraction of sp³-hybridized carbons (Fsp3) is 0.800. The van der Waals surface area contributed by atoms with E-state index in [1.165, 1.54) is 132 Å². The molecule has 0 saturated carbocycles. The molecular weight excluding hydrogens is 503 g/mol. The molecule has 1 rings (SSSR count). The summed E-state index contributed by atoms with van der Waals surface area (Å²) >= 11 is 2.36. The average Bonchev–Trinajstić information content (AvgIpc) is 2.80.